The van der Waals surface area contributed by atoms with Gasteiger partial charge in [-0.2, -0.15) is 0 Å². The van der Waals surface area contributed by atoms with E-state index in [4.69, 9.17) is 0 Å². The second-order valence-corrected chi connectivity index (χ2v) is 7.23. The number of urea groups is 1. The van der Waals surface area contributed by atoms with E-state index in [0.717, 1.165) is 18.9 Å². The molecule has 6 heteroatoms. The molecule has 0 spiro atoms. The van der Waals surface area contributed by atoms with Gasteiger partial charge in [-0.15, -0.1) is 11.3 Å². The van der Waals surface area contributed by atoms with Crippen molar-refractivity contribution in [3.63, 3.8) is 0 Å². The molecular formula is C15H20N3O2S+. The van der Waals surface area contributed by atoms with Crippen molar-refractivity contribution in [2.75, 3.05) is 26.2 Å². The van der Waals surface area contributed by atoms with Gasteiger partial charge in [0.2, 0.25) is 0 Å². The summed E-state index contributed by atoms with van der Waals surface area (Å²) in [5.41, 5.74) is 1.46. The van der Waals surface area contributed by atoms with Gasteiger partial charge in [-0.25, -0.2) is 4.79 Å². The number of imide groups is 1. The summed E-state index contributed by atoms with van der Waals surface area (Å²) in [6.07, 6.45) is 3.62. The standard InChI is InChI=1S/C15H19N3O2S/c19-13(18-7-5-16-15(18)20)9-17-6-3-12-11(4-8-21-12)14(17)10-1-2-10/h4,8,10,14H,1-3,5-7,9H2,(H,16,20)/p+1/t14-/m1/s1. The van der Waals surface area contributed by atoms with Gasteiger partial charge in [0.25, 0.3) is 5.91 Å². The Hall–Kier alpha value is -1.40. The number of nitrogens with zero attached hydrogens (tertiary/aromatic N) is 1. The van der Waals surface area contributed by atoms with Crippen molar-refractivity contribution in [2.45, 2.75) is 25.3 Å². The highest BCUT2D eigenvalue weighted by molar-refractivity contribution is 7.10. The van der Waals surface area contributed by atoms with Crippen molar-refractivity contribution in [1.82, 2.24) is 10.2 Å². The molecule has 0 bridgehead atoms. The lowest BCUT2D eigenvalue weighted by molar-refractivity contribution is -0.928. The molecule has 1 saturated heterocycles. The van der Waals surface area contributed by atoms with E-state index in [-0.39, 0.29) is 11.9 Å². The number of nitrogens with one attached hydrogen (secondary N) is 2. The van der Waals surface area contributed by atoms with Gasteiger partial charge in [0, 0.05) is 35.9 Å². The highest BCUT2D eigenvalue weighted by Crippen LogP contribution is 2.42. The van der Waals surface area contributed by atoms with Crippen LogP contribution >= 0.6 is 11.3 Å². The minimum Gasteiger partial charge on any atom is -0.336 e. The molecule has 1 saturated carbocycles. The van der Waals surface area contributed by atoms with Crippen molar-refractivity contribution in [2.24, 2.45) is 5.92 Å². The number of fused-ring (bicyclic) bond motifs is 1. The number of amides is 3. The summed E-state index contributed by atoms with van der Waals surface area (Å²) >= 11 is 1.85. The van der Waals surface area contributed by atoms with Crippen molar-refractivity contribution >= 4 is 23.3 Å². The monoisotopic (exact) mass is 306 g/mol. The molecule has 2 atom stereocenters. The van der Waals surface area contributed by atoms with Crippen LogP contribution in [-0.4, -0.2) is 43.0 Å². The van der Waals surface area contributed by atoms with Crippen LogP contribution < -0.4 is 10.2 Å². The van der Waals surface area contributed by atoms with E-state index in [2.05, 4.69) is 16.8 Å². The third kappa shape index (κ3) is 2.36. The van der Waals surface area contributed by atoms with Crippen LogP contribution in [0.4, 0.5) is 4.79 Å². The summed E-state index contributed by atoms with van der Waals surface area (Å²) in [5.74, 6) is 0.707. The van der Waals surface area contributed by atoms with Crippen molar-refractivity contribution in [3.05, 3.63) is 21.9 Å². The van der Waals surface area contributed by atoms with Crippen LogP contribution in [0.3, 0.4) is 0 Å². The summed E-state index contributed by atoms with van der Waals surface area (Å²) in [5, 5.41) is 4.88. The number of quaternary nitrogens is 1. The molecule has 0 radical (unpaired) electrons. The Bertz CT molecular complexity index is 581. The van der Waals surface area contributed by atoms with E-state index in [1.54, 1.807) is 0 Å². The second-order valence-electron chi connectivity index (χ2n) is 6.23. The van der Waals surface area contributed by atoms with E-state index in [0.29, 0.717) is 25.7 Å². The average molecular weight is 306 g/mol. The normalized spacial score (nSPS) is 28.4. The van der Waals surface area contributed by atoms with E-state index in [1.165, 1.54) is 33.1 Å². The van der Waals surface area contributed by atoms with Crippen LogP contribution in [0, 0.1) is 5.92 Å². The first kappa shape index (κ1) is 13.3. The number of carbonyl (C=O) groups excluding carboxylic acids is 2. The summed E-state index contributed by atoms with van der Waals surface area (Å²) in [6.45, 7) is 2.56. The maximum atomic E-state index is 12.4. The maximum Gasteiger partial charge on any atom is 0.324 e. The lowest BCUT2D eigenvalue weighted by atomic mass is 9.96. The molecule has 2 aliphatic heterocycles. The number of hydrogen-bond donors (Lipinski definition) is 2. The van der Waals surface area contributed by atoms with Gasteiger partial charge in [-0.3, -0.25) is 9.69 Å². The Labute approximate surface area is 127 Å². The third-order valence-corrected chi connectivity index (χ3v) is 5.85. The largest absolute Gasteiger partial charge is 0.336 e. The summed E-state index contributed by atoms with van der Waals surface area (Å²) in [7, 11) is 0. The molecular weight excluding hydrogens is 286 g/mol. The smallest absolute Gasteiger partial charge is 0.324 e. The molecule has 1 aromatic heterocycles. The summed E-state index contributed by atoms with van der Waals surface area (Å²) in [4.78, 5) is 28.3. The Morgan fingerprint density at radius 2 is 2.33 bits per heavy atom. The fraction of sp³-hybridized carbons (Fsp3) is 0.600. The van der Waals surface area contributed by atoms with Crippen LogP contribution in [0.2, 0.25) is 0 Å². The van der Waals surface area contributed by atoms with E-state index < -0.39 is 0 Å². The van der Waals surface area contributed by atoms with Crippen molar-refractivity contribution in [1.29, 1.82) is 0 Å². The Balaban J connectivity index is 1.52. The Kier molecular flexibility index (Phi) is 3.23. The first-order chi connectivity index (χ1) is 10.2. The third-order valence-electron chi connectivity index (χ3n) is 4.86. The van der Waals surface area contributed by atoms with Gasteiger partial charge < -0.3 is 10.2 Å². The topological polar surface area (TPSA) is 53.9 Å². The lowest BCUT2D eigenvalue weighted by Crippen LogP contribution is -3.14. The lowest BCUT2D eigenvalue weighted by Gasteiger charge is -2.33. The molecule has 3 aliphatic rings. The SMILES string of the molecule is O=C(C[NH+]1CCc2sccc2[C@H]1C1CC1)N1CCNC1=O. The quantitative estimate of drug-likeness (QED) is 0.838. The first-order valence-corrected chi connectivity index (χ1v) is 8.61. The van der Waals surface area contributed by atoms with Crippen LogP contribution in [0.5, 0.6) is 0 Å². The minimum absolute atomic E-state index is 0.0238. The van der Waals surface area contributed by atoms with E-state index >= 15 is 0 Å². The van der Waals surface area contributed by atoms with Gasteiger partial charge in [-0.1, -0.05) is 0 Å². The molecule has 2 N–H and O–H groups in total. The molecule has 4 rings (SSSR count). The van der Waals surface area contributed by atoms with Crippen LogP contribution in [-0.2, 0) is 11.2 Å². The molecule has 3 heterocycles. The zero-order chi connectivity index (χ0) is 14.4. The van der Waals surface area contributed by atoms with Gasteiger partial charge in [0.15, 0.2) is 6.54 Å². The molecule has 112 valence electrons. The van der Waals surface area contributed by atoms with Gasteiger partial charge >= 0.3 is 6.03 Å². The Morgan fingerprint density at radius 3 is 3.05 bits per heavy atom. The van der Waals surface area contributed by atoms with E-state index in [1.807, 2.05) is 11.3 Å². The van der Waals surface area contributed by atoms with Crippen LogP contribution in [0.25, 0.3) is 0 Å². The van der Waals surface area contributed by atoms with E-state index in [9.17, 15) is 9.59 Å². The molecule has 2 fully saturated rings. The fourth-order valence-electron chi connectivity index (χ4n) is 3.69. The van der Waals surface area contributed by atoms with Crippen molar-refractivity contribution < 1.29 is 14.5 Å². The van der Waals surface area contributed by atoms with Gasteiger partial charge in [0.1, 0.15) is 6.04 Å². The zero-order valence-electron chi connectivity index (χ0n) is 11.9. The molecule has 5 nitrogen and oxygen atoms in total. The molecule has 21 heavy (non-hydrogen) atoms. The number of hydrogen-bond acceptors (Lipinski definition) is 3. The predicted octanol–water partition coefficient (Wildman–Crippen LogP) is 0.192. The zero-order valence-corrected chi connectivity index (χ0v) is 12.7. The molecule has 3 amide bonds. The predicted molar refractivity (Wildman–Crippen MR) is 79.3 cm³/mol. The summed E-state index contributed by atoms with van der Waals surface area (Å²) in [6, 6.07) is 2.49. The number of thiophene rings is 1. The molecule has 1 unspecified atom stereocenters. The summed E-state index contributed by atoms with van der Waals surface area (Å²) < 4.78 is 0. The second kappa shape index (κ2) is 5.10. The van der Waals surface area contributed by atoms with Crippen LogP contribution in [0.1, 0.15) is 29.3 Å². The average Bonchev–Trinajstić information content (AvgIpc) is 3.02. The number of rotatable bonds is 3. The highest BCUT2D eigenvalue weighted by Gasteiger charge is 2.44. The Morgan fingerprint density at radius 1 is 1.48 bits per heavy atom. The van der Waals surface area contributed by atoms with Crippen LogP contribution in [0.15, 0.2) is 11.4 Å². The fourth-order valence-corrected chi connectivity index (χ4v) is 4.62. The molecule has 1 aromatic rings. The first-order valence-electron chi connectivity index (χ1n) is 7.73. The maximum absolute atomic E-state index is 12.4. The molecule has 0 aromatic carbocycles. The van der Waals surface area contributed by atoms with Crippen molar-refractivity contribution in [3.8, 4) is 0 Å². The van der Waals surface area contributed by atoms with Gasteiger partial charge in [-0.05, 0) is 24.3 Å². The minimum atomic E-state index is -0.226. The van der Waals surface area contributed by atoms with Gasteiger partial charge in [0.05, 0.1) is 6.54 Å². The number of carbonyl (C=O) groups is 2. The highest BCUT2D eigenvalue weighted by atomic mass is 32.1. The molecule has 1 aliphatic carbocycles.